The molecule has 7 rings (SSSR count). The fourth-order valence-electron chi connectivity index (χ4n) is 5.49. The Kier molecular flexibility index (Phi) is 3.84. The van der Waals surface area contributed by atoms with Crippen molar-refractivity contribution >= 4 is 34.0 Å². The summed E-state index contributed by atoms with van der Waals surface area (Å²) in [7, 11) is 0. The number of carbonyl (C=O) groups is 2. The zero-order valence-corrected chi connectivity index (χ0v) is 17.5. The first kappa shape index (κ1) is 17.8. The van der Waals surface area contributed by atoms with Gasteiger partial charge in [-0.2, -0.15) is 10.1 Å². The Hall–Kier alpha value is -3.05. The Bertz CT molecular complexity index is 1140. The molecular formula is C25H17BrN2O2. The van der Waals surface area contributed by atoms with Crippen LogP contribution in [0.3, 0.4) is 0 Å². The van der Waals surface area contributed by atoms with Gasteiger partial charge in [0.25, 0.3) is 11.8 Å². The van der Waals surface area contributed by atoms with Crippen molar-refractivity contribution in [2.75, 3.05) is 0 Å². The summed E-state index contributed by atoms with van der Waals surface area (Å²) < 4.78 is 0.920. The third-order valence-corrected chi connectivity index (χ3v) is 7.09. The molecule has 3 aromatic rings. The second-order valence-corrected chi connectivity index (χ2v) is 8.97. The predicted octanol–water partition coefficient (Wildman–Crippen LogP) is 4.68. The predicted molar refractivity (Wildman–Crippen MR) is 117 cm³/mol. The first-order chi connectivity index (χ1) is 14.6. The molecular weight excluding hydrogens is 440 g/mol. The zero-order chi connectivity index (χ0) is 20.4. The summed E-state index contributed by atoms with van der Waals surface area (Å²) in [5.41, 5.74) is 5.50. The average molecular weight is 457 g/mol. The molecule has 0 aromatic heterocycles. The molecule has 2 bridgehead atoms. The zero-order valence-electron chi connectivity index (χ0n) is 15.9. The van der Waals surface area contributed by atoms with Crippen molar-refractivity contribution in [3.8, 4) is 0 Å². The molecule has 4 nitrogen and oxygen atoms in total. The molecule has 2 amide bonds. The number of imide groups is 1. The highest BCUT2D eigenvalue weighted by molar-refractivity contribution is 9.10. The standard InChI is InChI=1S/C25H17BrN2O2/c26-15-7-5-6-14(12-15)13-27-28-24(29)22-20-16-8-1-2-9-17(16)21(23(22)25(28)30)19-11-4-3-10-18(19)20/h1-13,20-23H/b27-13+. The van der Waals surface area contributed by atoms with Crippen LogP contribution in [0.15, 0.2) is 82.4 Å². The minimum Gasteiger partial charge on any atom is -0.272 e. The highest BCUT2D eigenvalue weighted by atomic mass is 79.9. The lowest BCUT2D eigenvalue weighted by atomic mass is 9.55. The molecule has 3 aromatic carbocycles. The monoisotopic (exact) mass is 456 g/mol. The van der Waals surface area contributed by atoms with Crippen LogP contribution in [0.1, 0.15) is 39.7 Å². The first-order valence-corrected chi connectivity index (χ1v) is 10.8. The largest absolute Gasteiger partial charge is 0.272 e. The van der Waals surface area contributed by atoms with E-state index >= 15 is 0 Å². The molecule has 5 heteroatoms. The molecule has 2 unspecified atom stereocenters. The summed E-state index contributed by atoms with van der Waals surface area (Å²) in [4.78, 5) is 26.9. The van der Waals surface area contributed by atoms with Gasteiger partial charge in [0.05, 0.1) is 18.1 Å². The molecule has 4 aliphatic rings. The van der Waals surface area contributed by atoms with Gasteiger partial charge in [0.2, 0.25) is 0 Å². The van der Waals surface area contributed by atoms with Crippen LogP contribution in [0.4, 0.5) is 0 Å². The SMILES string of the molecule is O=C1C2C3c4ccccc4C(c4ccccc43)C2C(=O)N1/N=C/c1cccc(Br)c1. The average Bonchev–Trinajstić information content (AvgIpc) is 3.03. The summed E-state index contributed by atoms with van der Waals surface area (Å²) in [6.07, 6.45) is 1.58. The van der Waals surface area contributed by atoms with E-state index in [4.69, 9.17) is 0 Å². The molecule has 3 aliphatic carbocycles. The molecule has 0 saturated carbocycles. The van der Waals surface area contributed by atoms with Crippen molar-refractivity contribution in [3.05, 3.63) is 105 Å². The molecule has 1 saturated heterocycles. The molecule has 146 valence electrons. The lowest BCUT2D eigenvalue weighted by Crippen LogP contribution is -2.41. The molecule has 30 heavy (non-hydrogen) atoms. The molecule has 0 radical (unpaired) electrons. The van der Waals surface area contributed by atoms with Crippen LogP contribution < -0.4 is 0 Å². The van der Waals surface area contributed by atoms with Gasteiger partial charge in [0.15, 0.2) is 0 Å². The van der Waals surface area contributed by atoms with Crippen molar-refractivity contribution in [2.24, 2.45) is 16.9 Å². The van der Waals surface area contributed by atoms with Crippen molar-refractivity contribution in [3.63, 3.8) is 0 Å². The number of carbonyl (C=O) groups excluding carboxylic acids is 2. The molecule has 0 N–H and O–H groups in total. The van der Waals surface area contributed by atoms with Crippen LogP contribution in [0.5, 0.6) is 0 Å². The highest BCUT2D eigenvalue weighted by Crippen LogP contribution is 2.60. The van der Waals surface area contributed by atoms with E-state index in [1.165, 1.54) is 22.3 Å². The minimum absolute atomic E-state index is 0.102. The van der Waals surface area contributed by atoms with Gasteiger partial charge in [-0.05, 0) is 39.9 Å². The summed E-state index contributed by atoms with van der Waals surface area (Å²) in [5, 5.41) is 5.44. The molecule has 0 spiro atoms. The van der Waals surface area contributed by atoms with Crippen LogP contribution >= 0.6 is 15.9 Å². The number of rotatable bonds is 2. The van der Waals surface area contributed by atoms with Crippen LogP contribution in [0.25, 0.3) is 0 Å². The van der Waals surface area contributed by atoms with E-state index in [9.17, 15) is 9.59 Å². The van der Waals surface area contributed by atoms with E-state index in [2.05, 4.69) is 45.3 Å². The maximum Gasteiger partial charge on any atom is 0.254 e. The number of nitrogens with zero attached hydrogens (tertiary/aromatic N) is 2. The number of hydrogen-bond donors (Lipinski definition) is 0. The lowest BCUT2D eigenvalue weighted by Gasteiger charge is -2.45. The Labute approximate surface area is 182 Å². The molecule has 1 aliphatic heterocycles. The van der Waals surface area contributed by atoms with E-state index in [-0.39, 0.29) is 23.7 Å². The fraction of sp³-hybridized carbons (Fsp3) is 0.160. The number of benzene rings is 3. The lowest BCUT2D eigenvalue weighted by molar-refractivity contribution is -0.139. The first-order valence-electron chi connectivity index (χ1n) is 10.00. The van der Waals surface area contributed by atoms with Crippen molar-refractivity contribution in [1.29, 1.82) is 0 Å². The maximum atomic E-state index is 13.4. The van der Waals surface area contributed by atoms with Crippen molar-refractivity contribution < 1.29 is 9.59 Å². The van der Waals surface area contributed by atoms with Gasteiger partial charge < -0.3 is 0 Å². The third kappa shape index (κ3) is 2.36. The number of hydrogen-bond acceptors (Lipinski definition) is 3. The van der Waals surface area contributed by atoms with Crippen molar-refractivity contribution in [1.82, 2.24) is 5.01 Å². The number of halogens is 1. The van der Waals surface area contributed by atoms with Gasteiger partial charge in [-0.1, -0.05) is 76.6 Å². The Morgan fingerprint density at radius 3 is 1.70 bits per heavy atom. The van der Waals surface area contributed by atoms with Gasteiger partial charge in [-0.15, -0.1) is 0 Å². The Morgan fingerprint density at radius 1 is 0.733 bits per heavy atom. The summed E-state index contributed by atoms with van der Waals surface area (Å²) >= 11 is 3.44. The fourth-order valence-corrected chi connectivity index (χ4v) is 5.90. The minimum atomic E-state index is -0.396. The quantitative estimate of drug-likeness (QED) is 0.415. The second kappa shape index (κ2) is 6.47. The number of hydrazone groups is 1. The maximum absolute atomic E-state index is 13.4. The third-order valence-electron chi connectivity index (χ3n) is 6.60. The Morgan fingerprint density at radius 2 is 1.23 bits per heavy atom. The van der Waals surface area contributed by atoms with Gasteiger partial charge in [0, 0.05) is 16.3 Å². The summed E-state index contributed by atoms with van der Waals surface area (Å²) in [5.74, 6) is -1.39. The smallest absolute Gasteiger partial charge is 0.254 e. The van der Waals surface area contributed by atoms with Crippen LogP contribution in [-0.2, 0) is 9.59 Å². The van der Waals surface area contributed by atoms with E-state index < -0.39 is 11.8 Å². The van der Waals surface area contributed by atoms with E-state index in [1.807, 2.05) is 48.5 Å². The van der Waals surface area contributed by atoms with Gasteiger partial charge in [0.1, 0.15) is 0 Å². The topological polar surface area (TPSA) is 49.7 Å². The Balaban J connectivity index is 1.46. The normalized spacial score (nSPS) is 26.1. The molecule has 2 atom stereocenters. The van der Waals surface area contributed by atoms with Crippen LogP contribution in [-0.4, -0.2) is 23.0 Å². The number of amides is 2. The van der Waals surface area contributed by atoms with Gasteiger partial charge in [-0.25, -0.2) is 0 Å². The van der Waals surface area contributed by atoms with Crippen LogP contribution in [0.2, 0.25) is 0 Å². The summed E-state index contributed by atoms with van der Waals surface area (Å²) in [6.45, 7) is 0. The van der Waals surface area contributed by atoms with Gasteiger partial charge in [-0.3, -0.25) is 9.59 Å². The molecule has 1 fully saturated rings. The highest BCUT2D eigenvalue weighted by Gasteiger charge is 2.61. The van der Waals surface area contributed by atoms with Gasteiger partial charge >= 0.3 is 0 Å². The van der Waals surface area contributed by atoms with Crippen LogP contribution in [0, 0.1) is 11.8 Å². The van der Waals surface area contributed by atoms with E-state index in [0.717, 1.165) is 15.0 Å². The summed E-state index contributed by atoms with van der Waals surface area (Å²) in [6, 6.07) is 24.1. The van der Waals surface area contributed by atoms with E-state index in [1.54, 1.807) is 6.21 Å². The van der Waals surface area contributed by atoms with E-state index in [0.29, 0.717) is 0 Å². The van der Waals surface area contributed by atoms with Crippen molar-refractivity contribution in [2.45, 2.75) is 11.8 Å². The molecule has 1 heterocycles. The second-order valence-electron chi connectivity index (χ2n) is 8.05.